The van der Waals surface area contributed by atoms with Gasteiger partial charge >= 0.3 is 6.18 Å². The molecule has 1 N–H and O–H groups in total. The maximum absolute atomic E-state index is 12.7. The minimum atomic E-state index is -4.59. The number of carbonyl (C=O) groups excluding carboxylic acids is 1. The molecular weight excluding hydrogens is 333 g/mol. The molecule has 23 heavy (non-hydrogen) atoms. The Kier molecular flexibility index (Phi) is 3.59. The molecule has 2 aromatic heterocycles. The van der Waals surface area contributed by atoms with E-state index in [2.05, 4.69) is 15.4 Å². The minimum Gasteiger partial charge on any atom is -0.341 e. The highest BCUT2D eigenvalue weighted by molar-refractivity contribution is 6.29. The number of rotatable bonds is 3. The number of nitrogens with one attached hydrogen (secondary N) is 1. The molecule has 1 aliphatic rings. The normalized spacial score (nSPS) is 16.2. The molecule has 0 radical (unpaired) electrons. The van der Waals surface area contributed by atoms with E-state index in [4.69, 9.17) is 11.6 Å². The van der Waals surface area contributed by atoms with Gasteiger partial charge in [0.2, 0.25) is 0 Å². The second-order valence-corrected chi connectivity index (χ2v) is 5.83. The Morgan fingerprint density at radius 2 is 2.09 bits per heavy atom. The van der Waals surface area contributed by atoms with E-state index < -0.39 is 23.3 Å². The van der Waals surface area contributed by atoms with Gasteiger partial charge in [-0.25, -0.2) is 4.98 Å². The van der Waals surface area contributed by atoms with Crippen LogP contribution < -0.4 is 5.32 Å². The Morgan fingerprint density at radius 1 is 1.39 bits per heavy atom. The molecule has 0 spiro atoms. The van der Waals surface area contributed by atoms with Crippen LogP contribution in [0.1, 0.15) is 34.6 Å². The van der Waals surface area contributed by atoms with Gasteiger partial charge < -0.3 is 5.32 Å². The molecular formula is C14H12ClF3N4O. The van der Waals surface area contributed by atoms with Crippen LogP contribution in [-0.4, -0.2) is 20.7 Å². The van der Waals surface area contributed by atoms with Crippen molar-refractivity contribution < 1.29 is 18.0 Å². The van der Waals surface area contributed by atoms with Gasteiger partial charge in [0.05, 0.1) is 5.54 Å². The number of hydrogen-bond acceptors (Lipinski definition) is 3. The number of amides is 1. The van der Waals surface area contributed by atoms with E-state index in [0.717, 1.165) is 16.3 Å². The van der Waals surface area contributed by atoms with Crippen molar-refractivity contribution in [2.45, 2.75) is 24.6 Å². The predicted molar refractivity (Wildman–Crippen MR) is 75.8 cm³/mol. The molecule has 2 aromatic rings. The first-order valence-corrected chi connectivity index (χ1v) is 7.15. The van der Waals surface area contributed by atoms with Crippen molar-refractivity contribution in [2.24, 2.45) is 7.05 Å². The summed E-state index contributed by atoms with van der Waals surface area (Å²) in [5.41, 5.74) is -1.07. The van der Waals surface area contributed by atoms with Crippen LogP contribution in [-0.2, 0) is 18.8 Å². The molecule has 1 aliphatic carbocycles. The lowest BCUT2D eigenvalue weighted by Gasteiger charge is -2.17. The lowest BCUT2D eigenvalue weighted by molar-refractivity contribution is -0.141. The minimum absolute atomic E-state index is 0.148. The Morgan fingerprint density at radius 3 is 2.57 bits per heavy atom. The maximum atomic E-state index is 12.7. The fraction of sp³-hybridized carbons (Fsp3) is 0.357. The van der Waals surface area contributed by atoms with Gasteiger partial charge in [0.25, 0.3) is 5.91 Å². The van der Waals surface area contributed by atoms with Crippen LogP contribution in [0, 0.1) is 0 Å². The molecule has 0 bridgehead atoms. The molecule has 0 atom stereocenters. The van der Waals surface area contributed by atoms with Crippen LogP contribution in [0.15, 0.2) is 24.4 Å². The first-order valence-electron chi connectivity index (χ1n) is 6.77. The van der Waals surface area contributed by atoms with E-state index in [-0.39, 0.29) is 5.69 Å². The Labute approximate surface area is 134 Å². The van der Waals surface area contributed by atoms with Crippen LogP contribution in [0.4, 0.5) is 13.2 Å². The van der Waals surface area contributed by atoms with Gasteiger partial charge in [-0.1, -0.05) is 17.7 Å². The number of carbonyl (C=O) groups is 1. The van der Waals surface area contributed by atoms with Crippen molar-refractivity contribution in [2.75, 3.05) is 0 Å². The highest BCUT2D eigenvalue weighted by Gasteiger charge is 2.46. The van der Waals surface area contributed by atoms with Crippen LogP contribution in [0.2, 0.25) is 5.15 Å². The number of nitrogens with zero attached hydrogens (tertiary/aromatic N) is 3. The second kappa shape index (κ2) is 5.23. The molecule has 1 saturated carbocycles. The fourth-order valence-electron chi connectivity index (χ4n) is 2.37. The number of halogens is 4. The summed E-state index contributed by atoms with van der Waals surface area (Å²) in [5, 5.41) is 6.44. The number of hydrogen-bond donors (Lipinski definition) is 1. The van der Waals surface area contributed by atoms with Crippen LogP contribution >= 0.6 is 11.6 Å². The second-order valence-electron chi connectivity index (χ2n) is 5.44. The summed E-state index contributed by atoms with van der Waals surface area (Å²) >= 11 is 5.73. The van der Waals surface area contributed by atoms with Crippen molar-refractivity contribution in [1.82, 2.24) is 20.1 Å². The molecule has 2 heterocycles. The van der Waals surface area contributed by atoms with E-state index in [1.54, 1.807) is 18.3 Å². The summed E-state index contributed by atoms with van der Waals surface area (Å²) < 4.78 is 38.9. The van der Waals surface area contributed by atoms with Gasteiger partial charge in [-0.3, -0.25) is 9.48 Å². The Bertz CT molecular complexity index is 750. The van der Waals surface area contributed by atoms with E-state index in [9.17, 15) is 18.0 Å². The third-order valence-corrected chi connectivity index (χ3v) is 4.01. The van der Waals surface area contributed by atoms with Gasteiger partial charge in [-0.05, 0) is 24.5 Å². The Hall–Kier alpha value is -2.09. The van der Waals surface area contributed by atoms with Crippen LogP contribution in [0.5, 0.6) is 0 Å². The molecule has 0 unspecified atom stereocenters. The van der Waals surface area contributed by atoms with Gasteiger partial charge in [0.15, 0.2) is 5.69 Å². The molecule has 1 amide bonds. The molecule has 3 rings (SSSR count). The zero-order valence-electron chi connectivity index (χ0n) is 12.0. The standard InChI is InChI=1S/C14H12ClF3N4O/c1-22-9(6-10(21-22)14(16,17)18)12(23)20-13(4-5-13)8-2-3-11(15)19-7-8/h2-3,6-7H,4-5H2,1H3,(H,20,23). The first-order chi connectivity index (χ1) is 10.7. The van der Waals surface area contributed by atoms with Gasteiger partial charge in [0.1, 0.15) is 10.8 Å². The van der Waals surface area contributed by atoms with Crippen molar-refractivity contribution in [1.29, 1.82) is 0 Å². The molecule has 9 heteroatoms. The van der Waals surface area contributed by atoms with Crippen molar-refractivity contribution in [3.8, 4) is 0 Å². The molecule has 0 aliphatic heterocycles. The summed E-state index contributed by atoms with van der Waals surface area (Å²) in [6.45, 7) is 0. The zero-order valence-corrected chi connectivity index (χ0v) is 12.7. The van der Waals surface area contributed by atoms with Crippen molar-refractivity contribution in [3.63, 3.8) is 0 Å². The summed E-state index contributed by atoms with van der Waals surface area (Å²) in [4.78, 5) is 16.3. The molecule has 122 valence electrons. The fourth-order valence-corrected chi connectivity index (χ4v) is 2.48. The topological polar surface area (TPSA) is 59.8 Å². The summed E-state index contributed by atoms with van der Waals surface area (Å²) in [5.74, 6) is -0.608. The number of pyridine rings is 1. The van der Waals surface area contributed by atoms with Crippen LogP contribution in [0.25, 0.3) is 0 Å². The Balaban J connectivity index is 1.82. The summed E-state index contributed by atoms with van der Waals surface area (Å²) in [6, 6.07) is 4.09. The highest BCUT2D eigenvalue weighted by Crippen LogP contribution is 2.45. The highest BCUT2D eigenvalue weighted by atomic mass is 35.5. The molecule has 0 aromatic carbocycles. The maximum Gasteiger partial charge on any atom is 0.435 e. The lowest BCUT2D eigenvalue weighted by atomic mass is 10.1. The average molecular weight is 345 g/mol. The van der Waals surface area contributed by atoms with Gasteiger partial charge in [0, 0.05) is 19.3 Å². The molecule has 5 nitrogen and oxygen atoms in total. The van der Waals surface area contributed by atoms with Crippen LogP contribution in [0.3, 0.4) is 0 Å². The molecule has 1 fully saturated rings. The smallest absolute Gasteiger partial charge is 0.341 e. The first kappa shape index (κ1) is 15.8. The summed E-state index contributed by atoms with van der Waals surface area (Å²) in [6.07, 6.45) is -1.66. The quantitative estimate of drug-likeness (QED) is 0.871. The van der Waals surface area contributed by atoms with E-state index >= 15 is 0 Å². The van der Waals surface area contributed by atoms with Gasteiger partial charge in [-0.15, -0.1) is 0 Å². The number of alkyl halides is 3. The predicted octanol–water partition coefficient (Wildman–Crippen LogP) is 2.91. The zero-order chi connectivity index (χ0) is 16.8. The van der Waals surface area contributed by atoms with Crippen molar-refractivity contribution in [3.05, 3.63) is 46.5 Å². The SMILES string of the molecule is Cn1nc(C(F)(F)F)cc1C(=O)NC1(c2ccc(Cl)nc2)CC1. The average Bonchev–Trinajstić information content (AvgIpc) is 3.11. The number of aromatic nitrogens is 3. The number of aryl methyl sites for hydroxylation is 1. The molecule has 0 saturated heterocycles. The van der Waals surface area contributed by atoms with Gasteiger partial charge in [-0.2, -0.15) is 18.3 Å². The monoisotopic (exact) mass is 344 g/mol. The largest absolute Gasteiger partial charge is 0.435 e. The summed E-state index contributed by atoms with van der Waals surface area (Å²) in [7, 11) is 1.30. The van der Waals surface area contributed by atoms with E-state index in [1.165, 1.54) is 7.05 Å². The lowest BCUT2D eigenvalue weighted by Crippen LogP contribution is -2.36. The third-order valence-electron chi connectivity index (χ3n) is 3.79. The van der Waals surface area contributed by atoms with Crippen molar-refractivity contribution >= 4 is 17.5 Å². The third kappa shape index (κ3) is 3.03. The van der Waals surface area contributed by atoms with E-state index in [1.807, 2.05) is 0 Å². The van der Waals surface area contributed by atoms with E-state index in [0.29, 0.717) is 18.0 Å².